The zero-order chi connectivity index (χ0) is 15.2. The van der Waals surface area contributed by atoms with Gasteiger partial charge in [0.1, 0.15) is 6.61 Å². The van der Waals surface area contributed by atoms with Crippen LogP contribution in [0.3, 0.4) is 0 Å². The number of benzene rings is 1. The quantitative estimate of drug-likeness (QED) is 0.756. The third-order valence-corrected chi connectivity index (χ3v) is 3.95. The summed E-state index contributed by atoms with van der Waals surface area (Å²) >= 11 is 0. The molecule has 0 saturated carbocycles. The number of piperidine rings is 1. The molecular formula is C17H25NO3. The number of ether oxygens (including phenoxy) is 2. The molecule has 0 bridgehead atoms. The van der Waals surface area contributed by atoms with Gasteiger partial charge < -0.3 is 9.47 Å². The summed E-state index contributed by atoms with van der Waals surface area (Å²) < 4.78 is 11.1. The van der Waals surface area contributed by atoms with E-state index in [1.807, 2.05) is 6.07 Å². The van der Waals surface area contributed by atoms with Crippen LogP contribution in [-0.2, 0) is 0 Å². The molecule has 0 aromatic heterocycles. The summed E-state index contributed by atoms with van der Waals surface area (Å²) in [6.07, 6.45) is 2.11. The van der Waals surface area contributed by atoms with E-state index in [0.29, 0.717) is 23.7 Å². The van der Waals surface area contributed by atoms with Gasteiger partial charge in [-0.3, -0.25) is 9.69 Å². The molecule has 0 unspecified atom stereocenters. The molecule has 0 radical (unpaired) electrons. The van der Waals surface area contributed by atoms with Crippen molar-refractivity contribution in [2.75, 3.05) is 33.4 Å². The highest BCUT2D eigenvalue weighted by molar-refractivity contribution is 5.81. The van der Waals surface area contributed by atoms with Crippen molar-refractivity contribution in [1.29, 1.82) is 0 Å². The standard InChI is InChI=1S/C17H25NO3/c1-13-9-14(2)11-18(10-13)7-8-21-17-15(12-19)5-4-6-16(17)20-3/h4-6,12-14H,7-11H2,1-3H3/t13-,14-/m1/s1. The number of nitrogens with zero attached hydrogens (tertiary/aromatic N) is 1. The van der Waals surface area contributed by atoms with E-state index >= 15 is 0 Å². The van der Waals surface area contributed by atoms with Gasteiger partial charge in [0.05, 0.1) is 12.7 Å². The molecule has 0 N–H and O–H groups in total. The van der Waals surface area contributed by atoms with Gasteiger partial charge in [0.2, 0.25) is 0 Å². The van der Waals surface area contributed by atoms with Crippen LogP contribution in [0.25, 0.3) is 0 Å². The van der Waals surface area contributed by atoms with Gasteiger partial charge in [-0.15, -0.1) is 0 Å². The van der Waals surface area contributed by atoms with E-state index < -0.39 is 0 Å². The van der Waals surface area contributed by atoms with Crippen LogP contribution in [-0.4, -0.2) is 44.5 Å². The Balaban J connectivity index is 1.92. The number of hydrogen-bond acceptors (Lipinski definition) is 4. The normalized spacial score (nSPS) is 22.8. The first-order chi connectivity index (χ1) is 10.1. The van der Waals surface area contributed by atoms with E-state index in [4.69, 9.17) is 9.47 Å². The Morgan fingerprint density at radius 1 is 1.29 bits per heavy atom. The smallest absolute Gasteiger partial charge is 0.171 e. The average Bonchev–Trinajstić information content (AvgIpc) is 2.46. The van der Waals surface area contributed by atoms with Crippen LogP contribution in [0, 0.1) is 11.8 Å². The van der Waals surface area contributed by atoms with Gasteiger partial charge in [0, 0.05) is 19.6 Å². The van der Waals surface area contributed by atoms with Crippen LogP contribution in [0.1, 0.15) is 30.6 Å². The summed E-state index contributed by atoms with van der Waals surface area (Å²) in [6, 6.07) is 5.35. The largest absolute Gasteiger partial charge is 0.493 e. The van der Waals surface area contributed by atoms with Crippen LogP contribution in [0.2, 0.25) is 0 Å². The average molecular weight is 291 g/mol. The van der Waals surface area contributed by atoms with Gasteiger partial charge in [-0.1, -0.05) is 19.9 Å². The zero-order valence-electron chi connectivity index (χ0n) is 13.2. The third kappa shape index (κ3) is 4.21. The molecule has 4 heteroatoms. The Labute approximate surface area is 127 Å². The maximum Gasteiger partial charge on any atom is 0.171 e. The molecule has 1 heterocycles. The van der Waals surface area contributed by atoms with Crippen molar-refractivity contribution in [3.63, 3.8) is 0 Å². The number of rotatable bonds is 6. The molecule has 2 atom stereocenters. The summed E-state index contributed by atoms with van der Waals surface area (Å²) in [5, 5.41) is 0. The maximum atomic E-state index is 11.1. The van der Waals surface area contributed by atoms with Crippen LogP contribution in [0.15, 0.2) is 18.2 Å². The first-order valence-electron chi connectivity index (χ1n) is 7.61. The van der Waals surface area contributed by atoms with Crippen molar-refractivity contribution in [3.8, 4) is 11.5 Å². The molecule has 0 aliphatic carbocycles. The van der Waals surface area contributed by atoms with Crippen molar-refractivity contribution in [2.45, 2.75) is 20.3 Å². The van der Waals surface area contributed by atoms with Gasteiger partial charge >= 0.3 is 0 Å². The zero-order valence-corrected chi connectivity index (χ0v) is 13.2. The second kappa shape index (κ2) is 7.46. The number of hydrogen-bond donors (Lipinski definition) is 0. The molecule has 1 fully saturated rings. The summed E-state index contributed by atoms with van der Waals surface area (Å²) in [4.78, 5) is 13.5. The Kier molecular flexibility index (Phi) is 5.62. The number of aldehydes is 1. The lowest BCUT2D eigenvalue weighted by molar-refractivity contribution is 0.110. The Morgan fingerprint density at radius 2 is 2.00 bits per heavy atom. The minimum absolute atomic E-state index is 0.537. The summed E-state index contributed by atoms with van der Waals surface area (Å²) in [6.45, 7) is 8.30. The SMILES string of the molecule is COc1cccc(C=O)c1OCCN1C[C@H](C)C[C@@H](C)C1. The fourth-order valence-electron chi connectivity index (χ4n) is 3.19. The highest BCUT2D eigenvalue weighted by Gasteiger charge is 2.21. The van der Waals surface area contributed by atoms with Gasteiger partial charge in [-0.05, 0) is 30.4 Å². The fourth-order valence-corrected chi connectivity index (χ4v) is 3.19. The van der Waals surface area contributed by atoms with Gasteiger partial charge in [0.25, 0.3) is 0 Å². The topological polar surface area (TPSA) is 38.8 Å². The van der Waals surface area contributed by atoms with Gasteiger partial charge in [-0.25, -0.2) is 0 Å². The Hall–Kier alpha value is -1.55. The van der Waals surface area contributed by atoms with Crippen LogP contribution < -0.4 is 9.47 Å². The molecule has 1 aliphatic heterocycles. The second-order valence-corrected chi connectivity index (χ2v) is 6.05. The molecule has 116 valence electrons. The number of likely N-dealkylation sites (tertiary alicyclic amines) is 1. The van der Waals surface area contributed by atoms with Gasteiger partial charge in [-0.2, -0.15) is 0 Å². The molecule has 0 spiro atoms. The first kappa shape index (κ1) is 15.8. The highest BCUT2D eigenvalue weighted by Crippen LogP contribution is 2.30. The molecule has 2 rings (SSSR count). The molecule has 4 nitrogen and oxygen atoms in total. The predicted molar refractivity (Wildman–Crippen MR) is 83.3 cm³/mol. The van der Waals surface area contributed by atoms with Crippen molar-refractivity contribution < 1.29 is 14.3 Å². The first-order valence-corrected chi connectivity index (χ1v) is 7.61. The van der Waals surface area contributed by atoms with Crippen LogP contribution >= 0.6 is 0 Å². The number of methoxy groups -OCH3 is 1. The minimum atomic E-state index is 0.537. The Morgan fingerprint density at radius 3 is 2.62 bits per heavy atom. The number of para-hydroxylation sites is 1. The lowest BCUT2D eigenvalue weighted by atomic mass is 9.92. The van der Waals surface area contributed by atoms with Gasteiger partial charge in [0.15, 0.2) is 17.8 Å². The van der Waals surface area contributed by atoms with Crippen LogP contribution in [0.5, 0.6) is 11.5 Å². The number of carbonyl (C=O) groups excluding carboxylic acids is 1. The fraction of sp³-hybridized carbons (Fsp3) is 0.588. The molecule has 0 amide bonds. The predicted octanol–water partition coefficient (Wildman–Crippen LogP) is 2.86. The van der Waals surface area contributed by atoms with E-state index in [-0.39, 0.29) is 0 Å². The third-order valence-electron chi connectivity index (χ3n) is 3.95. The molecule has 1 aliphatic rings. The van der Waals surface area contributed by atoms with E-state index in [9.17, 15) is 4.79 Å². The van der Waals surface area contributed by atoms with Crippen LogP contribution in [0.4, 0.5) is 0 Å². The lowest BCUT2D eigenvalue weighted by Gasteiger charge is -2.34. The molecule has 1 aromatic carbocycles. The van der Waals surface area contributed by atoms with Crippen molar-refractivity contribution >= 4 is 6.29 Å². The summed E-state index contributed by atoms with van der Waals surface area (Å²) in [5.74, 6) is 2.64. The lowest BCUT2D eigenvalue weighted by Crippen LogP contribution is -2.40. The summed E-state index contributed by atoms with van der Waals surface area (Å²) in [5.41, 5.74) is 0.537. The molecule has 1 aromatic rings. The van der Waals surface area contributed by atoms with E-state index in [1.54, 1.807) is 19.2 Å². The summed E-state index contributed by atoms with van der Waals surface area (Å²) in [7, 11) is 1.59. The van der Waals surface area contributed by atoms with Crippen molar-refractivity contribution in [3.05, 3.63) is 23.8 Å². The molecule has 1 saturated heterocycles. The minimum Gasteiger partial charge on any atom is -0.493 e. The maximum absolute atomic E-state index is 11.1. The van der Waals surface area contributed by atoms with E-state index in [1.165, 1.54) is 6.42 Å². The molecule has 21 heavy (non-hydrogen) atoms. The van der Waals surface area contributed by atoms with Crippen molar-refractivity contribution in [1.82, 2.24) is 4.90 Å². The molecular weight excluding hydrogens is 266 g/mol. The van der Waals surface area contributed by atoms with Crippen molar-refractivity contribution in [2.24, 2.45) is 11.8 Å². The second-order valence-electron chi connectivity index (χ2n) is 6.05. The van der Waals surface area contributed by atoms with E-state index in [0.717, 1.165) is 37.8 Å². The number of carbonyl (C=O) groups is 1. The Bertz CT molecular complexity index is 465. The van der Waals surface area contributed by atoms with E-state index in [2.05, 4.69) is 18.7 Å². The monoisotopic (exact) mass is 291 g/mol. The highest BCUT2D eigenvalue weighted by atomic mass is 16.5.